The highest BCUT2D eigenvalue weighted by Gasteiger charge is 2.04. The number of para-hydroxylation sites is 1. The van der Waals surface area contributed by atoms with Crippen LogP contribution in [0.2, 0.25) is 0 Å². The molecule has 0 radical (unpaired) electrons. The van der Waals surface area contributed by atoms with Gasteiger partial charge in [-0.1, -0.05) is 24.3 Å². The highest BCUT2D eigenvalue weighted by atomic mass is 32.1. The normalized spacial score (nSPS) is 10.2. The van der Waals surface area contributed by atoms with E-state index in [9.17, 15) is 4.79 Å². The zero-order valence-corrected chi connectivity index (χ0v) is 12.4. The minimum Gasteiger partial charge on any atom is -0.496 e. The van der Waals surface area contributed by atoms with Gasteiger partial charge in [0.05, 0.1) is 13.5 Å². The molecule has 0 aliphatic rings. The maximum atomic E-state index is 11.7. The summed E-state index contributed by atoms with van der Waals surface area (Å²) < 4.78 is 5.31. The standard InChI is InChI=1S/C16H19NO2S/c1-19-15-9-3-2-6-13(15)7-4-10-17-16(18)12-14-8-5-11-20-14/h2-3,5-6,8-9,11H,4,7,10,12H2,1H3,(H,17,18). The molecule has 106 valence electrons. The SMILES string of the molecule is COc1ccccc1CCCNC(=O)Cc1cccs1. The molecule has 1 aromatic heterocycles. The van der Waals surface area contributed by atoms with Crippen molar-refractivity contribution in [3.8, 4) is 5.75 Å². The number of aryl methyl sites for hydroxylation is 1. The number of hydrogen-bond donors (Lipinski definition) is 1. The minimum atomic E-state index is 0.0903. The average molecular weight is 289 g/mol. The van der Waals surface area contributed by atoms with Gasteiger partial charge in [0.15, 0.2) is 0 Å². The first-order chi connectivity index (χ1) is 9.79. The van der Waals surface area contributed by atoms with Crippen molar-refractivity contribution >= 4 is 17.2 Å². The Bertz CT molecular complexity index is 537. The third-order valence-electron chi connectivity index (χ3n) is 3.05. The van der Waals surface area contributed by atoms with Crippen LogP contribution in [0.3, 0.4) is 0 Å². The molecule has 1 N–H and O–H groups in total. The molecule has 1 aromatic carbocycles. The van der Waals surface area contributed by atoms with Gasteiger partial charge in [-0.25, -0.2) is 0 Å². The molecule has 0 bridgehead atoms. The molecule has 3 nitrogen and oxygen atoms in total. The number of ether oxygens (including phenoxy) is 1. The van der Waals surface area contributed by atoms with Gasteiger partial charge in [0.1, 0.15) is 5.75 Å². The molecule has 2 rings (SSSR count). The summed E-state index contributed by atoms with van der Waals surface area (Å²) in [4.78, 5) is 12.8. The fourth-order valence-corrected chi connectivity index (χ4v) is 2.75. The van der Waals surface area contributed by atoms with E-state index in [2.05, 4.69) is 11.4 Å². The molecule has 1 amide bonds. The van der Waals surface area contributed by atoms with Gasteiger partial charge in [0.25, 0.3) is 0 Å². The molecule has 20 heavy (non-hydrogen) atoms. The van der Waals surface area contributed by atoms with E-state index in [1.165, 1.54) is 5.56 Å². The Balaban J connectivity index is 1.69. The fourth-order valence-electron chi connectivity index (χ4n) is 2.05. The second-order valence-electron chi connectivity index (χ2n) is 4.52. The lowest BCUT2D eigenvalue weighted by molar-refractivity contribution is -0.120. The molecule has 1 heterocycles. The largest absolute Gasteiger partial charge is 0.496 e. The first kappa shape index (κ1) is 14.6. The number of thiophene rings is 1. The van der Waals surface area contributed by atoms with Crippen molar-refractivity contribution in [3.05, 3.63) is 52.2 Å². The zero-order chi connectivity index (χ0) is 14.2. The summed E-state index contributed by atoms with van der Waals surface area (Å²) in [6.45, 7) is 0.697. The van der Waals surface area contributed by atoms with Crippen LogP contribution in [0.5, 0.6) is 5.75 Å². The Morgan fingerprint density at radius 2 is 2.10 bits per heavy atom. The first-order valence-electron chi connectivity index (χ1n) is 6.70. The quantitative estimate of drug-likeness (QED) is 0.796. The van der Waals surface area contributed by atoms with Gasteiger partial charge in [-0.15, -0.1) is 11.3 Å². The van der Waals surface area contributed by atoms with E-state index in [4.69, 9.17) is 4.74 Å². The van der Waals surface area contributed by atoms with E-state index in [0.29, 0.717) is 13.0 Å². The third-order valence-corrected chi connectivity index (χ3v) is 3.93. The summed E-state index contributed by atoms with van der Waals surface area (Å²) in [7, 11) is 1.68. The van der Waals surface area contributed by atoms with Crippen LogP contribution in [-0.4, -0.2) is 19.6 Å². The maximum absolute atomic E-state index is 11.7. The van der Waals surface area contributed by atoms with Crippen LogP contribution >= 0.6 is 11.3 Å². The van der Waals surface area contributed by atoms with Crippen molar-refractivity contribution in [2.45, 2.75) is 19.3 Å². The van der Waals surface area contributed by atoms with Crippen LogP contribution in [0.1, 0.15) is 16.9 Å². The van der Waals surface area contributed by atoms with Crippen LogP contribution < -0.4 is 10.1 Å². The molecule has 4 heteroatoms. The topological polar surface area (TPSA) is 38.3 Å². The lowest BCUT2D eigenvalue weighted by Crippen LogP contribution is -2.26. The van der Waals surface area contributed by atoms with Gasteiger partial charge < -0.3 is 10.1 Å². The molecule has 0 unspecified atom stereocenters. The predicted molar refractivity (Wildman–Crippen MR) is 82.3 cm³/mol. The Morgan fingerprint density at radius 3 is 2.85 bits per heavy atom. The summed E-state index contributed by atoms with van der Waals surface area (Å²) >= 11 is 1.61. The van der Waals surface area contributed by atoms with Crippen LogP contribution in [0.15, 0.2) is 41.8 Å². The number of methoxy groups -OCH3 is 1. The average Bonchev–Trinajstić information content (AvgIpc) is 2.97. The number of nitrogens with one attached hydrogen (secondary N) is 1. The van der Waals surface area contributed by atoms with Crippen molar-refractivity contribution in [2.24, 2.45) is 0 Å². The highest BCUT2D eigenvalue weighted by Crippen LogP contribution is 2.18. The number of carbonyl (C=O) groups is 1. The Hall–Kier alpha value is -1.81. The van der Waals surface area contributed by atoms with Crippen LogP contribution in [0.25, 0.3) is 0 Å². The summed E-state index contributed by atoms with van der Waals surface area (Å²) in [6.07, 6.45) is 2.30. The zero-order valence-electron chi connectivity index (χ0n) is 11.6. The number of amides is 1. The second-order valence-corrected chi connectivity index (χ2v) is 5.55. The third kappa shape index (κ3) is 4.38. The van der Waals surface area contributed by atoms with Gasteiger partial charge in [-0.3, -0.25) is 4.79 Å². The molecule has 0 atom stereocenters. The van der Waals surface area contributed by atoms with Crippen molar-refractivity contribution in [2.75, 3.05) is 13.7 Å². The van der Waals surface area contributed by atoms with Crippen molar-refractivity contribution < 1.29 is 9.53 Å². The second kappa shape index (κ2) is 7.70. The van der Waals surface area contributed by atoms with E-state index in [1.54, 1.807) is 18.4 Å². The minimum absolute atomic E-state index is 0.0903. The number of carbonyl (C=O) groups excluding carboxylic acids is 1. The predicted octanol–water partition coefficient (Wildman–Crippen LogP) is 3.05. The van der Waals surface area contributed by atoms with Gasteiger partial charge in [-0.05, 0) is 35.9 Å². The van der Waals surface area contributed by atoms with Gasteiger partial charge in [-0.2, -0.15) is 0 Å². The summed E-state index contributed by atoms with van der Waals surface area (Å²) in [5.74, 6) is 1.00. The van der Waals surface area contributed by atoms with Crippen LogP contribution in [0.4, 0.5) is 0 Å². The Morgan fingerprint density at radius 1 is 1.25 bits per heavy atom. The Labute approximate surface area is 123 Å². The van der Waals surface area contributed by atoms with E-state index in [-0.39, 0.29) is 5.91 Å². The van der Waals surface area contributed by atoms with Gasteiger partial charge in [0.2, 0.25) is 5.91 Å². The molecule has 0 fully saturated rings. The molecular formula is C16H19NO2S. The van der Waals surface area contributed by atoms with Gasteiger partial charge >= 0.3 is 0 Å². The Kier molecular flexibility index (Phi) is 5.62. The van der Waals surface area contributed by atoms with E-state index in [1.807, 2.05) is 35.7 Å². The van der Waals surface area contributed by atoms with Gasteiger partial charge in [0, 0.05) is 11.4 Å². The van der Waals surface area contributed by atoms with E-state index in [0.717, 1.165) is 23.5 Å². The molecule has 0 aliphatic carbocycles. The molecule has 0 saturated carbocycles. The van der Waals surface area contributed by atoms with Crippen LogP contribution in [-0.2, 0) is 17.6 Å². The summed E-state index contributed by atoms with van der Waals surface area (Å²) in [6, 6.07) is 11.9. The number of rotatable bonds is 7. The summed E-state index contributed by atoms with van der Waals surface area (Å²) in [5, 5.41) is 4.95. The van der Waals surface area contributed by atoms with Crippen LogP contribution in [0, 0.1) is 0 Å². The molecular weight excluding hydrogens is 270 g/mol. The van der Waals surface area contributed by atoms with E-state index >= 15 is 0 Å². The maximum Gasteiger partial charge on any atom is 0.225 e. The highest BCUT2D eigenvalue weighted by molar-refractivity contribution is 7.10. The number of hydrogen-bond acceptors (Lipinski definition) is 3. The lowest BCUT2D eigenvalue weighted by atomic mass is 10.1. The van der Waals surface area contributed by atoms with Crippen molar-refractivity contribution in [1.29, 1.82) is 0 Å². The molecule has 0 spiro atoms. The lowest BCUT2D eigenvalue weighted by Gasteiger charge is -2.08. The van der Waals surface area contributed by atoms with E-state index < -0.39 is 0 Å². The van der Waals surface area contributed by atoms with Crippen molar-refractivity contribution in [1.82, 2.24) is 5.32 Å². The number of benzene rings is 1. The summed E-state index contributed by atoms with van der Waals surface area (Å²) in [5.41, 5.74) is 1.18. The first-order valence-corrected chi connectivity index (χ1v) is 7.58. The monoisotopic (exact) mass is 289 g/mol. The smallest absolute Gasteiger partial charge is 0.225 e. The molecule has 0 aliphatic heterocycles. The molecule has 0 saturated heterocycles. The molecule has 2 aromatic rings. The fraction of sp³-hybridized carbons (Fsp3) is 0.312. The van der Waals surface area contributed by atoms with Crippen molar-refractivity contribution in [3.63, 3.8) is 0 Å².